The van der Waals surface area contributed by atoms with Crippen molar-refractivity contribution in [2.45, 2.75) is 24.7 Å². The highest BCUT2D eigenvalue weighted by molar-refractivity contribution is 5.62. The minimum absolute atomic E-state index is 0.169. The fraction of sp³-hybridized carbons (Fsp3) is 0.286. The number of halogens is 1. The van der Waals surface area contributed by atoms with Gasteiger partial charge in [0.15, 0.2) is 5.69 Å². The van der Waals surface area contributed by atoms with E-state index in [4.69, 9.17) is 6.57 Å². The molecule has 0 fully saturated rings. The summed E-state index contributed by atoms with van der Waals surface area (Å²) in [4.78, 5) is 11.8. The van der Waals surface area contributed by atoms with Crippen molar-refractivity contribution >= 4 is 18.1 Å². The quantitative estimate of drug-likeness (QED) is 0.678. The molecule has 0 saturated carbocycles. The van der Waals surface area contributed by atoms with Crippen LogP contribution in [0.15, 0.2) is 58.5 Å². The monoisotopic (exact) mass is 333 g/mol. The lowest BCUT2D eigenvalue weighted by molar-refractivity contribution is 0.625. The van der Waals surface area contributed by atoms with Crippen molar-refractivity contribution in [1.82, 2.24) is 0 Å². The second-order valence-electron chi connectivity index (χ2n) is 6.22. The van der Waals surface area contributed by atoms with E-state index in [0.717, 1.165) is 31.6 Å². The Kier molecular flexibility index (Phi) is 5.69. The highest BCUT2D eigenvalue weighted by Gasteiger charge is 2.14. The van der Waals surface area contributed by atoms with Crippen LogP contribution in [-0.4, -0.2) is 25.5 Å². The summed E-state index contributed by atoms with van der Waals surface area (Å²) in [5.41, 5.74) is 3.16. The van der Waals surface area contributed by atoms with Gasteiger partial charge in [-0.25, -0.2) is 9.24 Å². The third-order valence-corrected chi connectivity index (χ3v) is 4.50. The standard InChI is InChI=1S/C11H10N2.C10H10FN/c1-12-11-4-2-3-9(7-11)10-5-6-13-8-10;11-10-3-1-8(2-4-10)9-5-6-12-7-9/h2-4,6-7,10H,5,8H2;1-4,6,9H,5,7H2. The molecule has 2 unspecified atom stereocenters. The zero-order valence-corrected chi connectivity index (χ0v) is 14.0. The number of benzene rings is 2. The topological polar surface area (TPSA) is 29.1 Å². The predicted molar refractivity (Wildman–Crippen MR) is 101 cm³/mol. The molecule has 2 atom stereocenters. The Bertz CT molecular complexity index is 787. The van der Waals surface area contributed by atoms with Gasteiger partial charge < -0.3 is 0 Å². The van der Waals surface area contributed by atoms with Gasteiger partial charge in [0.1, 0.15) is 5.82 Å². The lowest BCUT2D eigenvalue weighted by atomic mass is 9.98. The first-order valence-electron chi connectivity index (χ1n) is 8.45. The van der Waals surface area contributed by atoms with Crippen LogP contribution in [0.5, 0.6) is 0 Å². The summed E-state index contributed by atoms with van der Waals surface area (Å²) in [6.07, 6.45) is 5.91. The van der Waals surface area contributed by atoms with Crippen molar-refractivity contribution in [2.75, 3.05) is 13.1 Å². The lowest BCUT2D eigenvalue weighted by Gasteiger charge is -2.07. The van der Waals surface area contributed by atoms with Crippen LogP contribution in [0, 0.1) is 12.4 Å². The van der Waals surface area contributed by atoms with Gasteiger partial charge in [0.2, 0.25) is 0 Å². The van der Waals surface area contributed by atoms with E-state index in [9.17, 15) is 4.39 Å². The van der Waals surface area contributed by atoms with Crippen molar-refractivity contribution < 1.29 is 4.39 Å². The third-order valence-electron chi connectivity index (χ3n) is 4.50. The first kappa shape index (κ1) is 17.0. The maximum absolute atomic E-state index is 12.5. The minimum atomic E-state index is -0.169. The van der Waals surface area contributed by atoms with Gasteiger partial charge in [0.05, 0.1) is 6.57 Å². The van der Waals surface area contributed by atoms with Gasteiger partial charge in [-0.1, -0.05) is 42.0 Å². The summed E-state index contributed by atoms with van der Waals surface area (Å²) < 4.78 is 12.5. The van der Waals surface area contributed by atoms with Crippen molar-refractivity contribution in [2.24, 2.45) is 9.98 Å². The van der Waals surface area contributed by atoms with Crippen LogP contribution < -0.4 is 0 Å². The average molecular weight is 333 g/mol. The second kappa shape index (κ2) is 8.34. The molecule has 2 aliphatic rings. The highest BCUT2D eigenvalue weighted by atomic mass is 19.1. The van der Waals surface area contributed by atoms with Gasteiger partial charge in [-0.3, -0.25) is 9.98 Å². The molecule has 2 heterocycles. The molecule has 2 aliphatic heterocycles. The van der Waals surface area contributed by atoms with Crippen molar-refractivity contribution in [1.29, 1.82) is 0 Å². The Morgan fingerprint density at radius 1 is 0.880 bits per heavy atom. The largest absolute Gasteiger partial charge is 0.297 e. The molecule has 4 heteroatoms. The molecule has 0 amide bonds. The molecule has 0 bridgehead atoms. The first-order valence-corrected chi connectivity index (χ1v) is 8.45. The van der Waals surface area contributed by atoms with E-state index >= 15 is 0 Å². The smallest absolute Gasteiger partial charge is 0.187 e. The van der Waals surface area contributed by atoms with Crippen LogP contribution in [0.1, 0.15) is 35.8 Å². The summed E-state index contributed by atoms with van der Waals surface area (Å²) in [7, 11) is 0. The Hall–Kier alpha value is -2.80. The van der Waals surface area contributed by atoms with Crippen LogP contribution in [0.3, 0.4) is 0 Å². The maximum atomic E-state index is 12.5. The molecule has 3 nitrogen and oxygen atoms in total. The minimum Gasteiger partial charge on any atom is -0.297 e. The van der Waals surface area contributed by atoms with Gasteiger partial charge in [0.25, 0.3) is 0 Å². The average Bonchev–Trinajstić information content (AvgIpc) is 3.37. The summed E-state index contributed by atoms with van der Waals surface area (Å²) in [6.45, 7) is 8.63. The van der Waals surface area contributed by atoms with E-state index < -0.39 is 0 Å². The summed E-state index contributed by atoms with van der Waals surface area (Å²) in [6, 6.07) is 14.5. The zero-order chi connectivity index (χ0) is 17.5. The normalized spacial score (nSPS) is 20.8. The lowest BCUT2D eigenvalue weighted by Crippen LogP contribution is -1.97. The summed E-state index contributed by atoms with van der Waals surface area (Å²) >= 11 is 0. The van der Waals surface area contributed by atoms with Gasteiger partial charge in [-0.2, -0.15) is 0 Å². The molecular weight excluding hydrogens is 313 g/mol. The molecule has 0 aromatic heterocycles. The van der Waals surface area contributed by atoms with Crippen molar-refractivity contribution in [3.05, 3.63) is 76.9 Å². The van der Waals surface area contributed by atoms with E-state index in [1.54, 1.807) is 0 Å². The fourth-order valence-corrected chi connectivity index (χ4v) is 3.02. The molecule has 2 aromatic carbocycles. The maximum Gasteiger partial charge on any atom is 0.187 e. The third kappa shape index (κ3) is 4.60. The summed E-state index contributed by atoms with van der Waals surface area (Å²) in [5, 5.41) is 0. The van der Waals surface area contributed by atoms with E-state index in [0.29, 0.717) is 11.8 Å². The van der Waals surface area contributed by atoms with Gasteiger partial charge >= 0.3 is 0 Å². The molecule has 0 aliphatic carbocycles. The van der Waals surface area contributed by atoms with E-state index in [1.165, 1.54) is 23.3 Å². The molecule has 0 saturated heterocycles. The molecule has 4 rings (SSSR count). The van der Waals surface area contributed by atoms with Crippen LogP contribution in [0.4, 0.5) is 10.1 Å². The molecule has 0 radical (unpaired) electrons. The Labute approximate surface area is 147 Å². The van der Waals surface area contributed by atoms with Crippen LogP contribution in [-0.2, 0) is 0 Å². The van der Waals surface area contributed by atoms with Crippen LogP contribution in [0.25, 0.3) is 4.85 Å². The molecule has 126 valence electrons. The SMILES string of the molecule is Fc1ccc(C2CC=NC2)cc1.[C-]#[N+]c1cccc(C2CC=NC2)c1. The Morgan fingerprint density at radius 3 is 2.08 bits per heavy atom. The number of nitrogens with zero attached hydrogens (tertiary/aromatic N) is 3. The number of hydrogen-bond donors (Lipinski definition) is 0. The molecular formula is C21H20FN3. The molecule has 0 N–H and O–H groups in total. The number of hydrogen-bond acceptors (Lipinski definition) is 2. The van der Waals surface area contributed by atoms with Crippen molar-refractivity contribution in [3.8, 4) is 0 Å². The van der Waals surface area contributed by atoms with Crippen molar-refractivity contribution in [3.63, 3.8) is 0 Å². The van der Waals surface area contributed by atoms with Gasteiger partial charge in [0, 0.05) is 24.9 Å². The molecule has 2 aromatic rings. The molecule has 25 heavy (non-hydrogen) atoms. The van der Waals surface area contributed by atoms with E-state index in [1.807, 2.05) is 42.8 Å². The van der Waals surface area contributed by atoms with E-state index in [2.05, 4.69) is 20.9 Å². The zero-order valence-electron chi connectivity index (χ0n) is 14.0. The number of aliphatic imine (C=N–C) groups is 2. The highest BCUT2D eigenvalue weighted by Crippen LogP contribution is 2.26. The molecule has 0 spiro atoms. The van der Waals surface area contributed by atoms with Gasteiger partial charge in [-0.15, -0.1) is 0 Å². The Balaban J connectivity index is 0.000000146. The summed E-state index contributed by atoms with van der Waals surface area (Å²) in [5.74, 6) is 0.810. The number of rotatable bonds is 2. The van der Waals surface area contributed by atoms with E-state index in [-0.39, 0.29) is 5.82 Å². The Morgan fingerprint density at radius 2 is 1.52 bits per heavy atom. The van der Waals surface area contributed by atoms with Gasteiger partial charge in [-0.05, 0) is 43.0 Å². The second-order valence-corrected chi connectivity index (χ2v) is 6.22. The van der Waals surface area contributed by atoms with Crippen LogP contribution in [0.2, 0.25) is 0 Å². The van der Waals surface area contributed by atoms with Crippen LogP contribution >= 0.6 is 0 Å². The first-order chi connectivity index (χ1) is 12.3. The predicted octanol–water partition coefficient (Wildman–Crippen LogP) is 5.18. The fourth-order valence-electron chi connectivity index (χ4n) is 3.02.